The highest BCUT2D eigenvalue weighted by molar-refractivity contribution is 5.42. The zero-order valence-electron chi connectivity index (χ0n) is 8.24. The summed E-state index contributed by atoms with van der Waals surface area (Å²) in [6.45, 7) is 4.05. The fourth-order valence-corrected chi connectivity index (χ4v) is 1.45. The lowest BCUT2D eigenvalue weighted by Crippen LogP contribution is -2.04. The van der Waals surface area contributed by atoms with Crippen molar-refractivity contribution in [3.8, 4) is 5.69 Å². The molecule has 0 aliphatic heterocycles. The van der Waals surface area contributed by atoms with E-state index in [0.29, 0.717) is 0 Å². The molecule has 3 heteroatoms. The minimum Gasteiger partial charge on any atom is -0.268 e. The summed E-state index contributed by atoms with van der Waals surface area (Å²) in [5.74, 6) is 0. The molecule has 0 aliphatic rings. The molecule has 0 fully saturated rings. The lowest BCUT2D eigenvalue weighted by Gasteiger charge is -2.07. The summed E-state index contributed by atoms with van der Waals surface area (Å²) < 4.78 is 1.74. The van der Waals surface area contributed by atoms with Gasteiger partial charge in [-0.25, -0.2) is 0 Å². The Morgan fingerprint density at radius 1 is 1.21 bits per heavy atom. The first kappa shape index (κ1) is 8.81. The van der Waals surface area contributed by atoms with Gasteiger partial charge in [-0.3, -0.25) is 14.6 Å². The van der Waals surface area contributed by atoms with Crippen molar-refractivity contribution < 1.29 is 0 Å². The Hall–Kier alpha value is -1.77. The molecular formula is C11H12N2O. The van der Waals surface area contributed by atoms with Crippen molar-refractivity contribution in [2.75, 3.05) is 0 Å². The second-order valence-corrected chi connectivity index (χ2v) is 3.45. The van der Waals surface area contributed by atoms with Crippen LogP contribution in [0.4, 0.5) is 0 Å². The number of nitrogens with one attached hydrogen (secondary N) is 1. The predicted molar refractivity (Wildman–Crippen MR) is 55.9 cm³/mol. The Morgan fingerprint density at radius 3 is 2.64 bits per heavy atom. The highest BCUT2D eigenvalue weighted by atomic mass is 16.1. The molecule has 0 atom stereocenters. The van der Waals surface area contributed by atoms with Gasteiger partial charge >= 0.3 is 0 Å². The van der Waals surface area contributed by atoms with Gasteiger partial charge in [0, 0.05) is 12.3 Å². The number of hydrogen-bond donors (Lipinski definition) is 1. The van der Waals surface area contributed by atoms with Crippen LogP contribution in [0.25, 0.3) is 5.69 Å². The minimum atomic E-state index is -0.0779. The molecule has 0 spiro atoms. The highest BCUT2D eigenvalue weighted by Gasteiger charge is 2.00. The van der Waals surface area contributed by atoms with Crippen LogP contribution in [-0.4, -0.2) is 9.78 Å². The third-order valence-electron chi connectivity index (χ3n) is 2.23. The Labute approximate surface area is 82.0 Å². The third-order valence-corrected chi connectivity index (χ3v) is 2.23. The van der Waals surface area contributed by atoms with Crippen molar-refractivity contribution in [1.29, 1.82) is 0 Å². The van der Waals surface area contributed by atoms with E-state index < -0.39 is 0 Å². The summed E-state index contributed by atoms with van der Waals surface area (Å²) >= 11 is 0. The van der Waals surface area contributed by atoms with Crippen LogP contribution >= 0.6 is 0 Å². The summed E-state index contributed by atoms with van der Waals surface area (Å²) in [4.78, 5) is 11.0. The van der Waals surface area contributed by atoms with Crippen LogP contribution in [-0.2, 0) is 0 Å². The van der Waals surface area contributed by atoms with Crippen LogP contribution in [0.15, 0.2) is 35.3 Å². The zero-order valence-corrected chi connectivity index (χ0v) is 8.24. The molecule has 0 saturated heterocycles. The van der Waals surface area contributed by atoms with Crippen LogP contribution in [0, 0.1) is 13.8 Å². The van der Waals surface area contributed by atoms with E-state index in [1.165, 1.54) is 11.6 Å². The van der Waals surface area contributed by atoms with Crippen molar-refractivity contribution in [1.82, 2.24) is 9.78 Å². The number of nitrogens with zero attached hydrogens (tertiary/aromatic N) is 1. The van der Waals surface area contributed by atoms with Gasteiger partial charge in [-0.15, -0.1) is 0 Å². The van der Waals surface area contributed by atoms with Gasteiger partial charge in [-0.05, 0) is 31.0 Å². The molecule has 2 aromatic rings. The second-order valence-electron chi connectivity index (χ2n) is 3.45. The van der Waals surface area contributed by atoms with Crippen LogP contribution in [0.3, 0.4) is 0 Å². The Kier molecular flexibility index (Phi) is 2.00. The highest BCUT2D eigenvalue weighted by Crippen LogP contribution is 2.13. The second kappa shape index (κ2) is 3.18. The Morgan fingerprint density at radius 2 is 2.00 bits per heavy atom. The van der Waals surface area contributed by atoms with Gasteiger partial charge in [0.15, 0.2) is 0 Å². The zero-order chi connectivity index (χ0) is 10.1. The van der Waals surface area contributed by atoms with Crippen molar-refractivity contribution in [2.24, 2.45) is 0 Å². The molecule has 2 rings (SSSR count). The number of H-pyrrole nitrogens is 1. The van der Waals surface area contributed by atoms with E-state index in [4.69, 9.17) is 0 Å². The molecule has 72 valence electrons. The number of aryl methyl sites for hydroxylation is 2. The maximum Gasteiger partial charge on any atom is 0.264 e. The van der Waals surface area contributed by atoms with Crippen molar-refractivity contribution in [3.05, 3.63) is 51.9 Å². The van der Waals surface area contributed by atoms with E-state index >= 15 is 0 Å². The van der Waals surface area contributed by atoms with Crippen LogP contribution in [0.2, 0.25) is 0 Å². The first-order valence-corrected chi connectivity index (χ1v) is 4.52. The molecule has 3 nitrogen and oxygen atoms in total. The number of hydrogen-bond acceptors (Lipinski definition) is 1. The van der Waals surface area contributed by atoms with Crippen molar-refractivity contribution in [3.63, 3.8) is 0 Å². The maximum absolute atomic E-state index is 11.0. The average Bonchev–Trinajstić information content (AvgIpc) is 2.56. The number of benzene rings is 1. The lowest BCUT2D eigenvalue weighted by molar-refractivity contribution is 0.856. The lowest BCUT2D eigenvalue weighted by atomic mass is 10.1. The van der Waals surface area contributed by atoms with Gasteiger partial charge in [-0.2, -0.15) is 0 Å². The van der Waals surface area contributed by atoms with Crippen molar-refractivity contribution >= 4 is 0 Å². The SMILES string of the molecule is Cc1ccc(C)c(-n2ccc(=O)[nH]2)c1. The summed E-state index contributed by atoms with van der Waals surface area (Å²) in [5, 5.41) is 2.72. The maximum atomic E-state index is 11.0. The predicted octanol–water partition coefficient (Wildman–Crippen LogP) is 1.78. The van der Waals surface area contributed by atoms with Crippen LogP contribution in [0.5, 0.6) is 0 Å². The molecule has 0 bridgehead atoms. The van der Waals surface area contributed by atoms with Gasteiger partial charge in [-0.1, -0.05) is 12.1 Å². The van der Waals surface area contributed by atoms with Gasteiger partial charge in [0.1, 0.15) is 0 Å². The topological polar surface area (TPSA) is 37.8 Å². The smallest absolute Gasteiger partial charge is 0.264 e. The monoisotopic (exact) mass is 188 g/mol. The molecule has 1 N–H and O–H groups in total. The van der Waals surface area contributed by atoms with E-state index in [-0.39, 0.29) is 5.56 Å². The van der Waals surface area contributed by atoms with E-state index in [0.717, 1.165) is 11.3 Å². The molecule has 0 saturated carbocycles. The summed E-state index contributed by atoms with van der Waals surface area (Å²) in [7, 11) is 0. The standard InChI is InChI=1S/C11H12N2O/c1-8-3-4-9(2)10(7-8)13-6-5-11(14)12-13/h3-7H,1-2H3,(H,12,14). The summed E-state index contributed by atoms with van der Waals surface area (Å²) in [6.07, 6.45) is 1.74. The molecule has 1 heterocycles. The molecular weight excluding hydrogens is 176 g/mol. The first-order valence-electron chi connectivity index (χ1n) is 4.52. The molecule has 14 heavy (non-hydrogen) atoms. The quantitative estimate of drug-likeness (QED) is 0.727. The normalized spacial score (nSPS) is 10.4. The fraction of sp³-hybridized carbons (Fsp3) is 0.182. The Bertz CT molecular complexity index is 508. The largest absolute Gasteiger partial charge is 0.268 e. The molecule has 0 unspecified atom stereocenters. The molecule has 1 aromatic carbocycles. The molecule has 0 amide bonds. The average molecular weight is 188 g/mol. The van der Waals surface area contributed by atoms with Crippen LogP contribution in [0.1, 0.15) is 11.1 Å². The van der Waals surface area contributed by atoms with Gasteiger partial charge < -0.3 is 0 Å². The van der Waals surface area contributed by atoms with Gasteiger partial charge in [0.05, 0.1) is 5.69 Å². The van der Waals surface area contributed by atoms with Crippen LogP contribution < -0.4 is 5.56 Å². The molecule has 1 aromatic heterocycles. The number of rotatable bonds is 1. The van der Waals surface area contributed by atoms with E-state index in [1.54, 1.807) is 10.9 Å². The van der Waals surface area contributed by atoms with E-state index in [1.807, 2.05) is 26.0 Å². The minimum absolute atomic E-state index is 0.0779. The Balaban J connectivity index is 2.61. The van der Waals surface area contributed by atoms with Gasteiger partial charge in [0.25, 0.3) is 5.56 Å². The van der Waals surface area contributed by atoms with E-state index in [9.17, 15) is 4.79 Å². The summed E-state index contributed by atoms with van der Waals surface area (Å²) in [6, 6.07) is 7.66. The molecule has 0 aliphatic carbocycles. The summed E-state index contributed by atoms with van der Waals surface area (Å²) in [5.41, 5.74) is 3.26. The number of aromatic amines is 1. The van der Waals surface area contributed by atoms with Gasteiger partial charge in [0.2, 0.25) is 0 Å². The fourth-order valence-electron chi connectivity index (χ4n) is 1.45. The molecule has 0 radical (unpaired) electrons. The third kappa shape index (κ3) is 1.48. The number of aromatic nitrogens is 2. The van der Waals surface area contributed by atoms with E-state index in [2.05, 4.69) is 11.2 Å². The first-order chi connectivity index (χ1) is 6.66. The van der Waals surface area contributed by atoms with Crippen molar-refractivity contribution in [2.45, 2.75) is 13.8 Å².